The molecule has 0 radical (unpaired) electrons. The van der Waals surface area contributed by atoms with Crippen LogP contribution in [0.3, 0.4) is 0 Å². The van der Waals surface area contributed by atoms with Crippen molar-refractivity contribution in [1.29, 1.82) is 0 Å². The Morgan fingerprint density at radius 2 is 1.33 bits per heavy atom. The van der Waals surface area contributed by atoms with Gasteiger partial charge >= 0.3 is 0 Å². The van der Waals surface area contributed by atoms with Crippen LogP contribution in [0.1, 0.15) is 20.8 Å². The molecule has 0 aromatic carbocycles. The Bertz CT molecular complexity index is 67.5. The van der Waals surface area contributed by atoms with Gasteiger partial charge in [-0.15, -0.1) is 0 Å². The van der Waals surface area contributed by atoms with Gasteiger partial charge in [0.05, 0.1) is 13.2 Å². The van der Waals surface area contributed by atoms with Gasteiger partial charge in [-0.2, -0.15) is 0 Å². The van der Waals surface area contributed by atoms with Gasteiger partial charge < -0.3 is 14.4 Å². The second-order valence-electron chi connectivity index (χ2n) is 2.55. The predicted molar refractivity (Wildman–Crippen MR) is 50.2 cm³/mol. The normalized spacial score (nSPS) is 16.0. The molecule has 0 aromatic rings. The van der Waals surface area contributed by atoms with E-state index < -0.39 is 0 Å². The highest BCUT2D eigenvalue weighted by Gasteiger charge is 1.93. The third-order valence-electron chi connectivity index (χ3n) is 1.88. The first-order valence-corrected chi connectivity index (χ1v) is 4.72. The molecule has 0 saturated carbocycles. The van der Waals surface area contributed by atoms with E-state index in [0.717, 1.165) is 13.2 Å². The maximum absolute atomic E-state index is 4.72. The van der Waals surface area contributed by atoms with E-state index in [0.29, 0.717) is 6.79 Å². The van der Waals surface area contributed by atoms with Gasteiger partial charge in [-0.1, -0.05) is 20.8 Å². The van der Waals surface area contributed by atoms with Crippen LogP contribution in [0, 0.1) is 0 Å². The summed E-state index contributed by atoms with van der Waals surface area (Å²) in [6.07, 6.45) is 0. The highest BCUT2D eigenvalue weighted by Crippen LogP contribution is 1.85. The fourth-order valence-electron chi connectivity index (χ4n) is 0.965. The largest absolute Gasteiger partial charge is 0.353 e. The number of nitrogens with zero attached hydrogens (tertiary/aromatic N) is 1. The van der Waals surface area contributed by atoms with E-state index in [9.17, 15) is 0 Å². The Morgan fingerprint density at radius 3 is 1.42 bits per heavy atom. The lowest BCUT2D eigenvalue weighted by Crippen LogP contribution is -2.21. The lowest BCUT2D eigenvalue weighted by Gasteiger charge is -2.13. The topological polar surface area (TPSA) is 21.7 Å². The summed E-state index contributed by atoms with van der Waals surface area (Å²) < 4.78 is 9.44. The minimum Gasteiger partial charge on any atom is -0.353 e. The molecule has 0 aliphatic carbocycles. The third kappa shape index (κ3) is 6.58. The van der Waals surface area contributed by atoms with E-state index in [-0.39, 0.29) is 0 Å². The fraction of sp³-hybridized carbons (Fsp3) is 1.00. The lowest BCUT2D eigenvalue weighted by atomic mass is 10.5. The molecule has 0 N–H and O–H groups in total. The molecule has 1 saturated heterocycles. The molecule has 0 amide bonds. The number of rotatable bonds is 3. The standard InChI is InChI=1S/C6H15N.C3H6O2/c1-4-7(5-2)6-3;1-2-5-3-4-1/h4-6H2,1-3H3;1-3H2. The zero-order valence-corrected chi connectivity index (χ0v) is 8.51. The highest BCUT2D eigenvalue weighted by molar-refractivity contribution is 4.43. The molecule has 1 heterocycles. The summed E-state index contributed by atoms with van der Waals surface area (Å²) in [6.45, 7) is 12.2. The van der Waals surface area contributed by atoms with Crippen LogP contribution in [0.15, 0.2) is 0 Å². The van der Waals surface area contributed by atoms with Crippen molar-refractivity contribution >= 4 is 0 Å². The van der Waals surface area contributed by atoms with E-state index in [1.54, 1.807) is 0 Å². The Morgan fingerprint density at radius 1 is 0.917 bits per heavy atom. The molecule has 12 heavy (non-hydrogen) atoms. The highest BCUT2D eigenvalue weighted by atomic mass is 16.7. The molecule has 0 unspecified atom stereocenters. The number of ether oxygens (including phenoxy) is 2. The average molecular weight is 175 g/mol. The van der Waals surface area contributed by atoms with E-state index in [1.807, 2.05) is 0 Å². The summed E-state index contributed by atoms with van der Waals surface area (Å²) in [6, 6.07) is 0. The average Bonchev–Trinajstić information content (AvgIpc) is 2.64. The monoisotopic (exact) mass is 175 g/mol. The van der Waals surface area contributed by atoms with Crippen LogP contribution >= 0.6 is 0 Å². The van der Waals surface area contributed by atoms with E-state index in [1.165, 1.54) is 19.6 Å². The second kappa shape index (κ2) is 8.97. The molecular weight excluding hydrogens is 154 g/mol. The van der Waals surface area contributed by atoms with Gasteiger partial charge in [0, 0.05) is 0 Å². The third-order valence-corrected chi connectivity index (χ3v) is 1.88. The van der Waals surface area contributed by atoms with Gasteiger partial charge in [0.2, 0.25) is 0 Å². The molecule has 0 aromatic heterocycles. The van der Waals surface area contributed by atoms with Gasteiger partial charge in [0.1, 0.15) is 6.79 Å². The summed E-state index contributed by atoms with van der Waals surface area (Å²) in [7, 11) is 0. The van der Waals surface area contributed by atoms with Crippen molar-refractivity contribution in [2.24, 2.45) is 0 Å². The summed E-state index contributed by atoms with van der Waals surface area (Å²) in [4.78, 5) is 2.38. The first-order chi connectivity index (χ1) is 5.85. The SMILES string of the molecule is C1COCO1.CCN(CC)CC. The molecule has 1 aliphatic rings. The molecule has 3 heteroatoms. The first-order valence-electron chi connectivity index (χ1n) is 4.72. The zero-order valence-electron chi connectivity index (χ0n) is 8.51. The minimum atomic E-state index is 0.500. The van der Waals surface area contributed by atoms with Gasteiger partial charge in [0.25, 0.3) is 0 Å². The number of hydrogen-bond donors (Lipinski definition) is 0. The second-order valence-corrected chi connectivity index (χ2v) is 2.55. The van der Waals surface area contributed by atoms with Crippen LogP contribution < -0.4 is 0 Å². The Labute approximate surface area is 75.6 Å². The molecule has 0 bridgehead atoms. The summed E-state index contributed by atoms with van der Waals surface area (Å²) >= 11 is 0. The Hall–Kier alpha value is -0.120. The smallest absolute Gasteiger partial charge is 0.146 e. The van der Waals surface area contributed by atoms with E-state index >= 15 is 0 Å². The van der Waals surface area contributed by atoms with Crippen LogP contribution in [0.5, 0.6) is 0 Å². The molecule has 74 valence electrons. The number of hydrogen-bond acceptors (Lipinski definition) is 3. The van der Waals surface area contributed by atoms with Crippen molar-refractivity contribution in [2.75, 3.05) is 39.6 Å². The fourth-order valence-corrected chi connectivity index (χ4v) is 0.965. The zero-order chi connectivity index (χ0) is 9.23. The van der Waals surface area contributed by atoms with Crippen LogP contribution in [-0.2, 0) is 9.47 Å². The van der Waals surface area contributed by atoms with E-state index in [4.69, 9.17) is 9.47 Å². The van der Waals surface area contributed by atoms with Gasteiger partial charge in [0.15, 0.2) is 0 Å². The van der Waals surface area contributed by atoms with Crippen LogP contribution in [0.2, 0.25) is 0 Å². The molecule has 3 nitrogen and oxygen atoms in total. The van der Waals surface area contributed by atoms with Crippen molar-refractivity contribution in [2.45, 2.75) is 20.8 Å². The van der Waals surface area contributed by atoms with Crippen LogP contribution in [0.4, 0.5) is 0 Å². The van der Waals surface area contributed by atoms with Crippen molar-refractivity contribution in [3.63, 3.8) is 0 Å². The molecule has 1 aliphatic heterocycles. The molecule has 0 spiro atoms. The van der Waals surface area contributed by atoms with Gasteiger partial charge in [-0.3, -0.25) is 0 Å². The quantitative estimate of drug-likeness (QED) is 0.646. The maximum Gasteiger partial charge on any atom is 0.146 e. The predicted octanol–water partition coefficient (Wildman–Crippen LogP) is 1.34. The van der Waals surface area contributed by atoms with Crippen molar-refractivity contribution in [1.82, 2.24) is 4.90 Å². The lowest BCUT2D eigenvalue weighted by molar-refractivity contribution is 0.0692. The van der Waals surface area contributed by atoms with Crippen LogP contribution in [0.25, 0.3) is 0 Å². The van der Waals surface area contributed by atoms with Crippen molar-refractivity contribution in [3.05, 3.63) is 0 Å². The summed E-state index contributed by atoms with van der Waals surface area (Å²) in [5.74, 6) is 0. The van der Waals surface area contributed by atoms with Crippen molar-refractivity contribution < 1.29 is 9.47 Å². The van der Waals surface area contributed by atoms with Gasteiger partial charge in [-0.05, 0) is 19.6 Å². The first kappa shape index (κ1) is 11.9. The van der Waals surface area contributed by atoms with Crippen molar-refractivity contribution in [3.8, 4) is 0 Å². The molecular formula is C9H21NO2. The summed E-state index contributed by atoms with van der Waals surface area (Å²) in [5, 5.41) is 0. The molecule has 1 rings (SSSR count). The maximum atomic E-state index is 4.72. The van der Waals surface area contributed by atoms with Crippen LogP contribution in [-0.4, -0.2) is 44.5 Å². The van der Waals surface area contributed by atoms with Gasteiger partial charge in [-0.25, -0.2) is 0 Å². The Kier molecular flexibility index (Phi) is 8.88. The Balaban J connectivity index is 0.000000211. The summed E-state index contributed by atoms with van der Waals surface area (Å²) in [5.41, 5.74) is 0. The molecule has 0 atom stereocenters. The minimum absolute atomic E-state index is 0.500. The molecule has 1 fully saturated rings. The van der Waals surface area contributed by atoms with E-state index in [2.05, 4.69) is 25.7 Å².